The van der Waals surface area contributed by atoms with Crippen LogP contribution in [0.2, 0.25) is 0 Å². The number of anilines is 1. The Labute approximate surface area is 189 Å². The lowest BCUT2D eigenvalue weighted by Gasteiger charge is -2.33. The second-order valence-corrected chi connectivity index (χ2v) is 8.89. The van der Waals surface area contributed by atoms with Crippen molar-refractivity contribution in [1.82, 2.24) is 24.4 Å². The molecule has 0 N–H and O–H groups in total. The van der Waals surface area contributed by atoms with E-state index in [4.69, 9.17) is 24.4 Å². The number of piperazine rings is 1. The van der Waals surface area contributed by atoms with Crippen LogP contribution in [0, 0.1) is 13.8 Å². The molecular formula is C24H32N6O2. The topological polar surface area (TPSA) is 68.5 Å². The third-order valence-corrected chi connectivity index (χ3v) is 6.67. The van der Waals surface area contributed by atoms with E-state index >= 15 is 0 Å². The third-order valence-electron chi connectivity index (χ3n) is 6.67. The third kappa shape index (κ3) is 3.82. The minimum atomic E-state index is 0.305. The Morgan fingerprint density at radius 2 is 1.75 bits per heavy atom. The lowest BCUT2D eigenvalue weighted by atomic mass is 10.1. The molecule has 170 valence electrons. The van der Waals surface area contributed by atoms with Crippen LogP contribution in [0.1, 0.15) is 30.3 Å². The Hall–Kier alpha value is -2.71. The zero-order chi connectivity index (χ0) is 22.2. The summed E-state index contributed by atoms with van der Waals surface area (Å²) in [6.45, 7) is 9.57. The number of hydrogen-bond acceptors (Lipinski definition) is 7. The highest BCUT2D eigenvalue weighted by atomic mass is 16.5. The molecule has 2 aromatic heterocycles. The monoisotopic (exact) mass is 436 g/mol. The molecule has 1 aromatic carbocycles. The van der Waals surface area contributed by atoms with Gasteiger partial charge in [-0.2, -0.15) is 0 Å². The van der Waals surface area contributed by atoms with Crippen LogP contribution in [0.15, 0.2) is 18.2 Å². The standard InChI is InChI=1S/C24H32N6O2/c1-16-15-19(31-4)5-6-20(16)22-27-21-23(29-11-9-28(3)10-12-29)25-17(2)26-24(21)30(22)18-7-13-32-14-8-18/h5-6,15,18H,7-14H2,1-4H3. The Bertz CT molecular complexity index is 1110. The van der Waals surface area contributed by atoms with E-state index in [1.165, 1.54) is 0 Å². The van der Waals surface area contributed by atoms with Crippen molar-refractivity contribution in [3.8, 4) is 17.1 Å². The molecule has 0 spiro atoms. The maximum absolute atomic E-state index is 5.67. The second-order valence-electron chi connectivity index (χ2n) is 8.89. The summed E-state index contributed by atoms with van der Waals surface area (Å²) in [5.41, 5.74) is 4.08. The number of fused-ring (bicyclic) bond motifs is 1. The van der Waals surface area contributed by atoms with Gasteiger partial charge in [-0.05, 0) is 57.5 Å². The van der Waals surface area contributed by atoms with E-state index in [-0.39, 0.29) is 0 Å². The van der Waals surface area contributed by atoms with E-state index in [1.54, 1.807) is 7.11 Å². The number of aryl methyl sites for hydroxylation is 2. The Kier molecular flexibility index (Phi) is 5.73. The summed E-state index contributed by atoms with van der Waals surface area (Å²) >= 11 is 0. The van der Waals surface area contributed by atoms with E-state index in [1.807, 2.05) is 13.0 Å². The van der Waals surface area contributed by atoms with Crippen molar-refractivity contribution in [2.24, 2.45) is 0 Å². The van der Waals surface area contributed by atoms with Crippen LogP contribution in [0.25, 0.3) is 22.6 Å². The van der Waals surface area contributed by atoms with Crippen molar-refractivity contribution in [2.75, 3.05) is 58.5 Å². The molecule has 0 bridgehead atoms. The van der Waals surface area contributed by atoms with Gasteiger partial charge < -0.3 is 23.8 Å². The van der Waals surface area contributed by atoms with Crippen molar-refractivity contribution in [1.29, 1.82) is 0 Å². The number of methoxy groups -OCH3 is 1. The van der Waals surface area contributed by atoms with Crippen LogP contribution in [0.5, 0.6) is 5.75 Å². The molecule has 3 aromatic rings. The van der Waals surface area contributed by atoms with Crippen molar-refractivity contribution >= 4 is 17.0 Å². The molecule has 0 unspecified atom stereocenters. The first-order valence-corrected chi connectivity index (χ1v) is 11.5. The summed E-state index contributed by atoms with van der Waals surface area (Å²) in [5.74, 6) is 3.56. The van der Waals surface area contributed by atoms with Crippen molar-refractivity contribution in [3.05, 3.63) is 29.6 Å². The zero-order valence-corrected chi connectivity index (χ0v) is 19.5. The molecule has 4 heterocycles. The summed E-state index contributed by atoms with van der Waals surface area (Å²) in [5, 5.41) is 0. The summed E-state index contributed by atoms with van der Waals surface area (Å²) < 4.78 is 13.5. The van der Waals surface area contributed by atoms with Gasteiger partial charge in [0.05, 0.1) is 7.11 Å². The number of imidazole rings is 1. The zero-order valence-electron chi connectivity index (χ0n) is 19.5. The first-order chi connectivity index (χ1) is 15.5. The molecule has 0 aliphatic carbocycles. The van der Waals surface area contributed by atoms with E-state index in [9.17, 15) is 0 Å². The number of ether oxygens (including phenoxy) is 2. The van der Waals surface area contributed by atoms with Crippen LogP contribution in [0.4, 0.5) is 5.82 Å². The molecule has 8 heteroatoms. The molecule has 0 atom stereocenters. The van der Waals surface area contributed by atoms with Crippen molar-refractivity contribution in [3.63, 3.8) is 0 Å². The fraction of sp³-hybridized carbons (Fsp3) is 0.542. The number of rotatable bonds is 4. The highest BCUT2D eigenvalue weighted by Crippen LogP contribution is 2.37. The minimum absolute atomic E-state index is 0.305. The predicted molar refractivity (Wildman–Crippen MR) is 126 cm³/mol. The fourth-order valence-electron chi connectivity index (χ4n) is 4.80. The van der Waals surface area contributed by atoms with E-state index in [0.29, 0.717) is 6.04 Å². The van der Waals surface area contributed by atoms with Gasteiger partial charge in [0.25, 0.3) is 0 Å². The molecule has 0 amide bonds. The molecule has 2 aliphatic rings. The summed E-state index contributed by atoms with van der Waals surface area (Å²) in [6, 6.07) is 6.50. The number of benzene rings is 1. The summed E-state index contributed by atoms with van der Waals surface area (Å²) in [6.07, 6.45) is 1.92. The minimum Gasteiger partial charge on any atom is -0.497 e. The van der Waals surface area contributed by atoms with Crippen LogP contribution in [-0.4, -0.2) is 78.0 Å². The predicted octanol–water partition coefficient (Wildman–Crippen LogP) is 3.22. The molecule has 5 rings (SSSR count). The van der Waals surface area contributed by atoms with Gasteiger partial charge in [0.15, 0.2) is 17.0 Å². The van der Waals surface area contributed by atoms with Gasteiger partial charge in [-0.3, -0.25) is 0 Å². The number of aromatic nitrogens is 4. The maximum Gasteiger partial charge on any atom is 0.166 e. The summed E-state index contributed by atoms with van der Waals surface area (Å²) in [7, 11) is 3.87. The molecule has 0 saturated carbocycles. The Balaban J connectivity index is 1.71. The van der Waals surface area contributed by atoms with Crippen LogP contribution >= 0.6 is 0 Å². The SMILES string of the molecule is COc1ccc(-c2nc3c(N4CCN(C)CC4)nc(C)nc3n2C2CCOCC2)c(C)c1. The van der Waals surface area contributed by atoms with Gasteiger partial charge in [-0.25, -0.2) is 15.0 Å². The second kappa shape index (κ2) is 8.67. The molecule has 0 radical (unpaired) electrons. The Morgan fingerprint density at radius 3 is 2.44 bits per heavy atom. The van der Waals surface area contributed by atoms with E-state index in [0.717, 1.165) is 97.7 Å². The smallest absolute Gasteiger partial charge is 0.166 e. The summed E-state index contributed by atoms with van der Waals surface area (Å²) in [4.78, 5) is 19.7. The van der Waals surface area contributed by atoms with Crippen LogP contribution in [0.3, 0.4) is 0 Å². The molecule has 2 aliphatic heterocycles. The lowest BCUT2D eigenvalue weighted by Crippen LogP contribution is -2.45. The van der Waals surface area contributed by atoms with Gasteiger partial charge in [-0.1, -0.05) is 0 Å². The Morgan fingerprint density at radius 1 is 1.00 bits per heavy atom. The van der Waals surface area contributed by atoms with E-state index in [2.05, 4.69) is 40.5 Å². The number of nitrogens with zero attached hydrogens (tertiary/aromatic N) is 6. The lowest BCUT2D eigenvalue weighted by molar-refractivity contribution is 0.0708. The number of hydrogen-bond donors (Lipinski definition) is 0. The van der Waals surface area contributed by atoms with Gasteiger partial charge in [0.1, 0.15) is 17.4 Å². The molecular weight excluding hydrogens is 404 g/mol. The van der Waals surface area contributed by atoms with Crippen LogP contribution < -0.4 is 9.64 Å². The maximum atomic E-state index is 5.67. The molecule has 8 nitrogen and oxygen atoms in total. The molecule has 32 heavy (non-hydrogen) atoms. The largest absolute Gasteiger partial charge is 0.497 e. The van der Waals surface area contributed by atoms with Gasteiger partial charge in [0, 0.05) is 51.0 Å². The first kappa shape index (κ1) is 21.2. The van der Waals surface area contributed by atoms with Crippen LogP contribution in [-0.2, 0) is 4.74 Å². The molecule has 2 fully saturated rings. The quantitative estimate of drug-likeness (QED) is 0.622. The highest BCUT2D eigenvalue weighted by Gasteiger charge is 2.28. The highest BCUT2D eigenvalue weighted by molar-refractivity contribution is 5.88. The van der Waals surface area contributed by atoms with Gasteiger partial charge >= 0.3 is 0 Å². The first-order valence-electron chi connectivity index (χ1n) is 11.5. The fourth-order valence-corrected chi connectivity index (χ4v) is 4.80. The average Bonchev–Trinajstić information content (AvgIpc) is 3.18. The van der Waals surface area contributed by atoms with Gasteiger partial charge in [-0.15, -0.1) is 0 Å². The van der Waals surface area contributed by atoms with Crippen molar-refractivity contribution in [2.45, 2.75) is 32.7 Å². The number of likely N-dealkylation sites (N-methyl/N-ethyl adjacent to an activating group) is 1. The average molecular weight is 437 g/mol. The van der Waals surface area contributed by atoms with E-state index < -0.39 is 0 Å². The normalized spacial score (nSPS) is 18.4. The van der Waals surface area contributed by atoms with Crippen molar-refractivity contribution < 1.29 is 9.47 Å². The van der Waals surface area contributed by atoms with Gasteiger partial charge in [0.2, 0.25) is 0 Å². The molecule has 2 saturated heterocycles.